The molecule has 0 spiro atoms. The average molecular weight is 478 g/mol. The Bertz CT molecular complexity index is 819. The Morgan fingerprint density at radius 1 is 1.29 bits per heavy atom. The lowest BCUT2D eigenvalue weighted by Crippen LogP contribution is -2.01. The number of hydrogen-bond acceptors (Lipinski definition) is 2. The Kier molecular flexibility index (Phi) is 4.42. The van der Waals surface area contributed by atoms with Crippen molar-refractivity contribution in [2.45, 2.75) is 5.88 Å². The van der Waals surface area contributed by atoms with Crippen molar-refractivity contribution in [1.82, 2.24) is 9.55 Å². The first kappa shape index (κ1) is 15.1. The van der Waals surface area contributed by atoms with Crippen molar-refractivity contribution in [3.63, 3.8) is 0 Å². The summed E-state index contributed by atoms with van der Waals surface area (Å²) in [6.45, 7) is 0. The summed E-state index contributed by atoms with van der Waals surface area (Å²) in [6, 6.07) is 12.0. The first-order chi connectivity index (χ1) is 10.1. The van der Waals surface area contributed by atoms with Crippen LogP contribution in [0.4, 0.5) is 0 Å². The van der Waals surface area contributed by atoms with Crippen LogP contribution in [0.5, 0.6) is 5.75 Å². The maximum atomic E-state index is 6.09. The molecule has 2 aromatic carbocycles. The predicted molar refractivity (Wildman–Crippen MR) is 97.6 cm³/mol. The third kappa shape index (κ3) is 2.78. The predicted octanol–water partition coefficient (Wildman–Crippen LogP) is 5.14. The SMILES string of the molecule is COc1ccc(Br)c(-n2c(CCl)nc3cc(I)ccc32)c1. The number of imidazole rings is 1. The fraction of sp³-hybridized carbons (Fsp3) is 0.133. The lowest BCUT2D eigenvalue weighted by atomic mass is 10.2. The number of benzene rings is 2. The first-order valence-corrected chi connectivity index (χ1v) is 8.61. The number of nitrogens with zero attached hydrogens (tertiary/aromatic N) is 2. The Balaban J connectivity index is 2.33. The van der Waals surface area contributed by atoms with Gasteiger partial charge in [0.15, 0.2) is 0 Å². The van der Waals surface area contributed by atoms with Crippen LogP contribution >= 0.6 is 50.1 Å². The number of methoxy groups -OCH3 is 1. The third-order valence-electron chi connectivity index (χ3n) is 3.20. The van der Waals surface area contributed by atoms with E-state index in [0.717, 1.165) is 36.3 Å². The third-order valence-corrected chi connectivity index (χ3v) is 4.78. The van der Waals surface area contributed by atoms with E-state index in [-0.39, 0.29) is 0 Å². The highest BCUT2D eigenvalue weighted by atomic mass is 127. The van der Waals surface area contributed by atoms with E-state index in [9.17, 15) is 0 Å². The maximum Gasteiger partial charge on any atom is 0.129 e. The van der Waals surface area contributed by atoms with Gasteiger partial charge in [0, 0.05) is 14.1 Å². The smallest absolute Gasteiger partial charge is 0.129 e. The van der Waals surface area contributed by atoms with E-state index in [1.807, 2.05) is 18.2 Å². The molecule has 0 saturated carbocycles. The van der Waals surface area contributed by atoms with Crippen LogP contribution in [0.25, 0.3) is 16.7 Å². The Labute approximate surface area is 149 Å². The molecule has 0 radical (unpaired) electrons. The number of halogens is 3. The molecule has 0 bridgehead atoms. The van der Waals surface area contributed by atoms with Gasteiger partial charge in [0.2, 0.25) is 0 Å². The molecule has 1 aromatic heterocycles. The van der Waals surface area contributed by atoms with Crippen LogP contribution in [-0.4, -0.2) is 16.7 Å². The summed E-state index contributed by atoms with van der Waals surface area (Å²) in [5, 5.41) is 0. The van der Waals surface area contributed by atoms with Crippen molar-refractivity contribution >= 4 is 61.2 Å². The molecule has 0 N–H and O–H groups in total. The second-order valence-corrected chi connectivity index (χ2v) is 6.81. The van der Waals surface area contributed by atoms with Crippen molar-refractivity contribution in [1.29, 1.82) is 0 Å². The molecule has 3 aromatic rings. The van der Waals surface area contributed by atoms with Crippen molar-refractivity contribution in [2.24, 2.45) is 0 Å². The summed E-state index contributed by atoms with van der Waals surface area (Å²) in [4.78, 5) is 4.63. The minimum absolute atomic E-state index is 0.342. The van der Waals surface area contributed by atoms with Crippen molar-refractivity contribution in [3.05, 3.63) is 50.3 Å². The normalized spacial score (nSPS) is 11.0. The number of rotatable bonds is 3. The highest BCUT2D eigenvalue weighted by Crippen LogP contribution is 2.31. The van der Waals surface area contributed by atoms with Crippen LogP contribution in [0.3, 0.4) is 0 Å². The molecule has 3 nitrogen and oxygen atoms in total. The number of ether oxygens (including phenoxy) is 1. The Hall–Kier alpha value is -0.790. The van der Waals surface area contributed by atoms with E-state index in [2.05, 4.69) is 66.3 Å². The van der Waals surface area contributed by atoms with E-state index >= 15 is 0 Å². The molecular formula is C15H11BrClIN2O. The van der Waals surface area contributed by atoms with Gasteiger partial charge >= 0.3 is 0 Å². The van der Waals surface area contributed by atoms with Gasteiger partial charge in [-0.2, -0.15) is 0 Å². The van der Waals surface area contributed by atoms with E-state index in [4.69, 9.17) is 16.3 Å². The molecule has 108 valence electrons. The van der Waals surface area contributed by atoms with Gasteiger partial charge in [-0.25, -0.2) is 4.98 Å². The first-order valence-electron chi connectivity index (χ1n) is 6.21. The molecule has 0 atom stereocenters. The summed E-state index contributed by atoms with van der Waals surface area (Å²) >= 11 is 12.0. The van der Waals surface area contributed by atoms with Gasteiger partial charge in [-0.15, -0.1) is 11.6 Å². The van der Waals surface area contributed by atoms with Crippen molar-refractivity contribution in [2.75, 3.05) is 7.11 Å². The van der Waals surface area contributed by atoms with Crippen LogP contribution in [0.15, 0.2) is 40.9 Å². The molecule has 0 amide bonds. The highest BCUT2D eigenvalue weighted by molar-refractivity contribution is 14.1. The largest absolute Gasteiger partial charge is 0.497 e. The highest BCUT2D eigenvalue weighted by Gasteiger charge is 2.15. The molecule has 21 heavy (non-hydrogen) atoms. The monoisotopic (exact) mass is 476 g/mol. The molecular weight excluding hydrogens is 466 g/mol. The average Bonchev–Trinajstić information content (AvgIpc) is 2.85. The zero-order valence-electron chi connectivity index (χ0n) is 11.1. The standard InChI is InChI=1S/C15H11BrClIN2O/c1-21-10-3-4-11(16)14(7-10)20-13-5-2-9(18)6-12(13)19-15(20)8-17/h2-7H,8H2,1H3. The van der Waals surface area contributed by atoms with Crippen LogP contribution in [-0.2, 0) is 5.88 Å². The summed E-state index contributed by atoms with van der Waals surface area (Å²) in [7, 11) is 1.66. The summed E-state index contributed by atoms with van der Waals surface area (Å²) in [5.74, 6) is 1.94. The van der Waals surface area contributed by atoms with Gasteiger partial charge in [-0.1, -0.05) is 0 Å². The maximum absolute atomic E-state index is 6.09. The number of hydrogen-bond donors (Lipinski definition) is 0. The van der Waals surface area contributed by atoms with E-state index in [1.165, 1.54) is 0 Å². The van der Waals surface area contributed by atoms with Crippen LogP contribution < -0.4 is 4.74 Å². The number of fused-ring (bicyclic) bond motifs is 1. The van der Waals surface area contributed by atoms with E-state index in [1.54, 1.807) is 7.11 Å². The minimum atomic E-state index is 0.342. The lowest BCUT2D eigenvalue weighted by molar-refractivity contribution is 0.414. The van der Waals surface area contributed by atoms with Crippen LogP contribution in [0, 0.1) is 3.57 Å². The summed E-state index contributed by atoms with van der Waals surface area (Å²) in [6.07, 6.45) is 0. The molecule has 3 rings (SSSR count). The quantitative estimate of drug-likeness (QED) is 0.386. The van der Waals surface area contributed by atoms with Gasteiger partial charge in [0.25, 0.3) is 0 Å². The fourth-order valence-electron chi connectivity index (χ4n) is 2.25. The van der Waals surface area contributed by atoms with Gasteiger partial charge < -0.3 is 4.74 Å². The molecule has 0 aliphatic rings. The molecule has 0 saturated heterocycles. The second-order valence-electron chi connectivity index (χ2n) is 4.45. The summed E-state index contributed by atoms with van der Waals surface area (Å²) < 4.78 is 9.50. The van der Waals surface area contributed by atoms with Crippen LogP contribution in [0.2, 0.25) is 0 Å². The Morgan fingerprint density at radius 2 is 2.10 bits per heavy atom. The summed E-state index contributed by atoms with van der Waals surface area (Å²) in [5.41, 5.74) is 2.93. The molecule has 0 unspecified atom stereocenters. The Morgan fingerprint density at radius 3 is 2.81 bits per heavy atom. The molecule has 6 heteroatoms. The minimum Gasteiger partial charge on any atom is -0.497 e. The second kappa shape index (κ2) is 6.14. The van der Waals surface area contributed by atoms with Gasteiger partial charge in [-0.05, 0) is 68.9 Å². The molecule has 0 fully saturated rings. The molecule has 0 aliphatic heterocycles. The number of alkyl halides is 1. The molecule has 0 aliphatic carbocycles. The van der Waals surface area contributed by atoms with Gasteiger partial charge in [-0.3, -0.25) is 4.57 Å². The topological polar surface area (TPSA) is 27.1 Å². The zero-order chi connectivity index (χ0) is 15.0. The van der Waals surface area contributed by atoms with E-state index in [0.29, 0.717) is 5.88 Å². The molecule has 1 heterocycles. The van der Waals surface area contributed by atoms with Crippen molar-refractivity contribution < 1.29 is 4.74 Å². The van der Waals surface area contributed by atoms with Crippen molar-refractivity contribution in [3.8, 4) is 11.4 Å². The zero-order valence-corrected chi connectivity index (χ0v) is 15.6. The van der Waals surface area contributed by atoms with Crippen LogP contribution in [0.1, 0.15) is 5.82 Å². The number of aromatic nitrogens is 2. The van der Waals surface area contributed by atoms with E-state index < -0.39 is 0 Å². The van der Waals surface area contributed by atoms with Gasteiger partial charge in [0.1, 0.15) is 11.6 Å². The van der Waals surface area contributed by atoms with Gasteiger partial charge in [0.05, 0.1) is 29.7 Å². The lowest BCUT2D eigenvalue weighted by Gasteiger charge is -2.12. The fourth-order valence-corrected chi connectivity index (χ4v) is 3.33.